The number of carbonyl (C=O) groups excluding carboxylic acids is 5. The largest absolute Gasteiger partial charge is 0.456 e. The minimum absolute atomic E-state index is 0.113. The van der Waals surface area contributed by atoms with Gasteiger partial charge >= 0.3 is 29.8 Å². The second kappa shape index (κ2) is 33.0. The molecule has 69 heavy (non-hydrogen) atoms. The number of hydrogen-bond acceptors (Lipinski definition) is 14. The van der Waals surface area contributed by atoms with Crippen molar-refractivity contribution in [3.05, 3.63) is 81.5 Å². The molecule has 0 aromatic rings. The standard InChI is InChI=1S/C55H84O14/c1-36(2)20-14-21-37(3)22-15-23-38(4)24-16-25-39(5)26-17-27-40(6)28-18-29-41(7)30-19-31-42(8)32-33-61-54-52(67-46(12)59)51(66-45(11)58)49(35-62-54)69-55-53(68-47(13)60)50(65-44(10)57)48(34-63-55)64-43(9)56/h20,22,24,26,28,30,32,48-55H,14-19,21,23,25,27,29,31,33-35H2,1-13H3/b37-22+,38-24+,39-26+,40-28+,41-30+,42-32+/t48-,49-,50+,51+,52-,53-,54-,55+/m1/s1. The highest BCUT2D eigenvalue weighted by atomic mass is 16.8. The first-order chi connectivity index (χ1) is 32.6. The van der Waals surface area contributed by atoms with E-state index in [1.165, 1.54) is 54.2 Å². The Hall–Kier alpha value is -4.63. The molecule has 0 aromatic heterocycles. The second-order valence-electron chi connectivity index (χ2n) is 18.7. The smallest absolute Gasteiger partial charge is 0.303 e. The number of ether oxygens (including phenoxy) is 9. The third kappa shape index (κ3) is 26.2. The van der Waals surface area contributed by atoms with Crippen LogP contribution < -0.4 is 0 Å². The van der Waals surface area contributed by atoms with Crippen LogP contribution in [0.2, 0.25) is 0 Å². The van der Waals surface area contributed by atoms with E-state index in [2.05, 4.69) is 84.9 Å². The molecule has 8 atom stereocenters. The lowest BCUT2D eigenvalue weighted by atomic mass is 10.0. The molecule has 2 aliphatic heterocycles. The predicted molar refractivity (Wildman–Crippen MR) is 265 cm³/mol. The van der Waals surface area contributed by atoms with E-state index in [-0.39, 0.29) is 19.8 Å². The number of esters is 5. The van der Waals surface area contributed by atoms with Gasteiger partial charge in [0.25, 0.3) is 0 Å². The molecule has 0 N–H and O–H groups in total. The maximum atomic E-state index is 12.4. The second-order valence-corrected chi connectivity index (χ2v) is 18.7. The molecule has 2 aliphatic rings. The fourth-order valence-electron chi connectivity index (χ4n) is 7.87. The average Bonchev–Trinajstić information content (AvgIpc) is 3.23. The maximum absolute atomic E-state index is 12.4. The van der Waals surface area contributed by atoms with E-state index in [9.17, 15) is 24.0 Å². The van der Waals surface area contributed by atoms with Gasteiger partial charge in [-0.25, -0.2) is 0 Å². The molecular formula is C55H84O14. The van der Waals surface area contributed by atoms with E-state index in [1.807, 2.05) is 13.0 Å². The van der Waals surface area contributed by atoms with Gasteiger partial charge in [-0.1, -0.05) is 81.5 Å². The van der Waals surface area contributed by atoms with Gasteiger partial charge in [0.05, 0.1) is 19.8 Å². The van der Waals surface area contributed by atoms with E-state index in [0.717, 1.165) is 96.5 Å². The molecule has 2 rings (SSSR count). The molecule has 14 heteroatoms. The zero-order valence-electron chi connectivity index (χ0n) is 44.0. The van der Waals surface area contributed by atoms with Crippen LogP contribution in [0, 0.1) is 0 Å². The van der Waals surface area contributed by atoms with E-state index in [0.29, 0.717) is 0 Å². The van der Waals surface area contributed by atoms with Gasteiger partial charge in [-0.15, -0.1) is 0 Å². The van der Waals surface area contributed by atoms with Crippen LogP contribution in [0.15, 0.2) is 81.5 Å². The van der Waals surface area contributed by atoms with Crippen molar-refractivity contribution in [3.63, 3.8) is 0 Å². The van der Waals surface area contributed by atoms with Gasteiger partial charge < -0.3 is 42.6 Å². The summed E-state index contributed by atoms with van der Waals surface area (Å²) < 4.78 is 51.4. The van der Waals surface area contributed by atoms with E-state index < -0.39 is 79.1 Å². The summed E-state index contributed by atoms with van der Waals surface area (Å²) in [6.07, 6.45) is 18.5. The Balaban J connectivity index is 1.89. The predicted octanol–water partition coefficient (Wildman–Crippen LogP) is 11.1. The zero-order valence-corrected chi connectivity index (χ0v) is 44.0. The SMILES string of the molecule is CC(=O)O[C@@H]1[C@@H](OC(C)=O)[C@H](O[C@@H]2CO[C@@H](OC/C=C(\C)CC/C=C(\C)CC/C=C(\C)CC/C=C(\C)CC/C=C(\C)CC/C=C(\C)CCC=C(C)C)[C@H](OC(C)=O)[C@H]2OC(C)=O)OC[C@H]1OC(C)=O. The summed E-state index contributed by atoms with van der Waals surface area (Å²) in [5.74, 6) is -3.58. The van der Waals surface area contributed by atoms with E-state index >= 15 is 0 Å². The van der Waals surface area contributed by atoms with Crippen molar-refractivity contribution >= 4 is 29.8 Å². The van der Waals surface area contributed by atoms with Gasteiger partial charge in [0, 0.05) is 34.6 Å². The molecule has 0 aromatic carbocycles. The highest BCUT2D eigenvalue weighted by Crippen LogP contribution is 2.31. The van der Waals surface area contributed by atoms with Crippen LogP contribution in [0.5, 0.6) is 0 Å². The van der Waals surface area contributed by atoms with Gasteiger partial charge in [-0.3, -0.25) is 24.0 Å². The van der Waals surface area contributed by atoms with E-state index in [4.69, 9.17) is 42.6 Å². The third-order valence-corrected chi connectivity index (χ3v) is 11.5. The summed E-state index contributed by atoms with van der Waals surface area (Å²) in [5.41, 5.74) is 9.66. The molecule has 14 nitrogen and oxygen atoms in total. The Kier molecular flexibility index (Phi) is 29.0. The van der Waals surface area contributed by atoms with Gasteiger partial charge in [0.2, 0.25) is 0 Å². The molecule has 2 heterocycles. The van der Waals surface area contributed by atoms with Crippen LogP contribution >= 0.6 is 0 Å². The van der Waals surface area contributed by atoms with Crippen molar-refractivity contribution in [2.75, 3.05) is 19.8 Å². The quantitative estimate of drug-likeness (QED) is 0.0412. The molecule has 0 radical (unpaired) electrons. The molecule has 0 unspecified atom stereocenters. The lowest BCUT2D eigenvalue weighted by Crippen LogP contribution is -2.62. The van der Waals surface area contributed by atoms with Gasteiger partial charge in [-0.05, 0) is 132 Å². The Bertz CT molecular complexity index is 1880. The Morgan fingerprint density at radius 3 is 1.06 bits per heavy atom. The third-order valence-electron chi connectivity index (χ3n) is 11.5. The van der Waals surface area contributed by atoms with Crippen molar-refractivity contribution < 1.29 is 66.6 Å². The average molecular weight is 969 g/mol. The Morgan fingerprint density at radius 2 is 0.681 bits per heavy atom. The fourth-order valence-corrected chi connectivity index (χ4v) is 7.87. The van der Waals surface area contributed by atoms with Crippen molar-refractivity contribution in [1.29, 1.82) is 0 Å². The fraction of sp³-hybridized carbons (Fsp3) is 0.655. The van der Waals surface area contributed by atoms with Crippen LogP contribution in [0.3, 0.4) is 0 Å². The molecule has 2 fully saturated rings. The minimum Gasteiger partial charge on any atom is -0.456 e. The van der Waals surface area contributed by atoms with E-state index in [1.54, 1.807) is 0 Å². The number of carbonyl (C=O) groups is 5. The highest BCUT2D eigenvalue weighted by Gasteiger charge is 2.52. The summed E-state index contributed by atoms with van der Waals surface area (Å²) in [6.45, 7) is 22.9. The maximum Gasteiger partial charge on any atom is 0.303 e. The zero-order chi connectivity index (χ0) is 51.5. The minimum atomic E-state index is -1.42. The molecule has 388 valence electrons. The summed E-state index contributed by atoms with van der Waals surface area (Å²) in [5, 5.41) is 0. The summed E-state index contributed by atoms with van der Waals surface area (Å²) in [4.78, 5) is 60.8. The van der Waals surface area contributed by atoms with Gasteiger partial charge in [0.1, 0.15) is 6.10 Å². The summed E-state index contributed by atoms with van der Waals surface area (Å²) in [7, 11) is 0. The first-order valence-corrected chi connectivity index (χ1v) is 24.6. The Labute approximate surface area is 412 Å². The normalized spacial score (nSPS) is 24.0. The van der Waals surface area contributed by atoms with Gasteiger partial charge in [-0.2, -0.15) is 0 Å². The molecule has 0 amide bonds. The lowest BCUT2D eigenvalue weighted by molar-refractivity contribution is -0.331. The molecule has 0 spiro atoms. The molecule has 0 saturated carbocycles. The topological polar surface area (TPSA) is 168 Å². The highest BCUT2D eigenvalue weighted by molar-refractivity contribution is 5.69. The van der Waals surface area contributed by atoms with Crippen LogP contribution in [-0.4, -0.2) is 98.9 Å². The van der Waals surface area contributed by atoms with Crippen LogP contribution in [0.4, 0.5) is 0 Å². The van der Waals surface area contributed by atoms with Crippen molar-refractivity contribution in [3.8, 4) is 0 Å². The number of allylic oxidation sites excluding steroid dienone is 13. The molecule has 0 aliphatic carbocycles. The van der Waals surface area contributed by atoms with Crippen molar-refractivity contribution in [1.82, 2.24) is 0 Å². The Morgan fingerprint density at radius 1 is 0.377 bits per heavy atom. The summed E-state index contributed by atoms with van der Waals surface area (Å²) >= 11 is 0. The van der Waals surface area contributed by atoms with Gasteiger partial charge in [0.15, 0.2) is 43.1 Å². The molecular weight excluding hydrogens is 885 g/mol. The van der Waals surface area contributed by atoms with Crippen LogP contribution in [0.1, 0.15) is 167 Å². The molecule has 0 bridgehead atoms. The lowest BCUT2D eigenvalue weighted by Gasteiger charge is -2.44. The first kappa shape index (κ1) is 60.5. The molecule has 2 saturated heterocycles. The number of hydrogen-bond donors (Lipinski definition) is 0. The van der Waals surface area contributed by atoms with Crippen LogP contribution in [-0.2, 0) is 66.6 Å². The van der Waals surface area contributed by atoms with Crippen LogP contribution in [0.25, 0.3) is 0 Å². The van der Waals surface area contributed by atoms with Crippen molar-refractivity contribution in [2.45, 2.75) is 216 Å². The van der Waals surface area contributed by atoms with Crippen molar-refractivity contribution in [2.24, 2.45) is 0 Å². The number of rotatable bonds is 28. The summed E-state index contributed by atoms with van der Waals surface area (Å²) in [6, 6.07) is 0. The first-order valence-electron chi connectivity index (χ1n) is 24.6. The monoisotopic (exact) mass is 969 g/mol.